The van der Waals surface area contributed by atoms with Crippen molar-refractivity contribution in [2.75, 3.05) is 0 Å². The molecule has 2 nitrogen and oxygen atoms in total. The normalized spacial score (nSPS) is 16.3. The first-order valence-electron chi connectivity index (χ1n) is 16.5. The van der Waals surface area contributed by atoms with Gasteiger partial charge >= 0.3 is 0 Å². The molecule has 0 N–H and O–H groups in total. The van der Waals surface area contributed by atoms with Crippen LogP contribution in [0.15, 0.2) is 151 Å². The van der Waals surface area contributed by atoms with Gasteiger partial charge in [0.25, 0.3) is 0 Å². The minimum atomic E-state index is -0.147. The molecule has 7 rings (SSSR count). The van der Waals surface area contributed by atoms with Gasteiger partial charge < -0.3 is 0 Å². The van der Waals surface area contributed by atoms with E-state index in [1.165, 1.54) is 33.4 Å². The Morgan fingerprint density at radius 1 is 0.500 bits per heavy atom. The summed E-state index contributed by atoms with van der Waals surface area (Å²) in [6.07, 6.45) is 28.0. The monoisotopic (exact) mass is 596 g/mol. The Labute approximate surface area is 273 Å². The molecule has 0 spiro atoms. The fourth-order valence-corrected chi connectivity index (χ4v) is 6.47. The third-order valence-electron chi connectivity index (χ3n) is 9.34. The zero-order valence-corrected chi connectivity index (χ0v) is 26.8. The third-order valence-corrected chi connectivity index (χ3v) is 9.34. The van der Waals surface area contributed by atoms with Crippen molar-refractivity contribution >= 4 is 16.7 Å². The number of hydrogen-bond donors (Lipinski definition) is 0. The van der Waals surface area contributed by atoms with Crippen LogP contribution in [0.4, 0.5) is 0 Å². The summed E-state index contributed by atoms with van der Waals surface area (Å²) in [6.45, 7) is 4.64. The van der Waals surface area contributed by atoms with Crippen LogP contribution >= 0.6 is 0 Å². The van der Waals surface area contributed by atoms with Crippen molar-refractivity contribution in [3.63, 3.8) is 0 Å². The van der Waals surface area contributed by atoms with Crippen molar-refractivity contribution in [2.24, 2.45) is 0 Å². The minimum Gasteiger partial charge on any atom is -0.228 e. The first kappa shape index (κ1) is 29.6. The molecule has 3 aliphatic carbocycles. The maximum Gasteiger partial charge on any atom is 0.160 e. The van der Waals surface area contributed by atoms with Crippen molar-refractivity contribution in [1.82, 2.24) is 9.97 Å². The van der Waals surface area contributed by atoms with Crippen LogP contribution in [0.3, 0.4) is 0 Å². The lowest BCUT2D eigenvalue weighted by Gasteiger charge is -2.27. The molecule has 0 saturated heterocycles. The van der Waals surface area contributed by atoms with E-state index in [1.807, 2.05) is 6.07 Å². The van der Waals surface area contributed by atoms with Gasteiger partial charge in [-0.3, -0.25) is 0 Å². The molecule has 226 valence electrons. The van der Waals surface area contributed by atoms with E-state index in [-0.39, 0.29) is 5.41 Å². The highest BCUT2D eigenvalue weighted by Gasteiger charge is 2.25. The molecule has 1 heterocycles. The number of hydrogen-bond acceptors (Lipinski definition) is 2. The summed E-state index contributed by atoms with van der Waals surface area (Å²) in [5.74, 6) is 0.784. The fourth-order valence-electron chi connectivity index (χ4n) is 6.47. The highest BCUT2D eigenvalue weighted by Crippen LogP contribution is 2.36. The third kappa shape index (κ3) is 6.34. The van der Waals surface area contributed by atoms with Gasteiger partial charge in [0.2, 0.25) is 0 Å². The van der Waals surface area contributed by atoms with Crippen LogP contribution in [0.25, 0.3) is 39.2 Å². The second-order valence-electron chi connectivity index (χ2n) is 12.8. The largest absolute Gasteiger partial charge is 0.228 e. The summed E-state index contributed by atoms with van der Waals surface area (Å²) >= 11 is 0. The van der Waals surface area contributed by atoms with Gasteiger partial charge in [0.1, 0.15) is 0 Å². The van der Waals surface area contributed by atoms with Crippen molar-refractivity contribution in [3.8, 4) is 22.5 Å². The van der Waals surface area contributed by atoms with Gasteiger partial charge in [-0.1, -0.05) is 153 Å². The second kappa shape index (κ2) is 13.1. The summed E-state index contributed by atoms with van der Waals surface area (Å²) in [6, 6.07) is 30.5. The van der Waals surface area contributed by atoms with Crippen molar-refractivity contribution in [3.05, 3.63) is 174 Å². The lowest BCUT2D eigenvalue weighted by Crippen LogP contribution is -2.19. The van der Waals surface area contributed by atoms with Crippen molar-refractivity contribution in [1.29, 1.82) is 0 Å². The van der Waals surface area contributed by atoms with E-state index >= 15 is 0 Å². The highest BCUT2D eigenvalue weighted by atomic mass is 14.9. The molecular weight excluding hydrogens is 556 g/mol. The molecule has 46 heavy (non-hydrogen) atoms. The molecule has 1 aromatic heterocycles. The SMILES string of the molecule is CC(C)(C1=CCC=C(c2ccc(C3=CCCC=C3)cc2)C=C1)c1ccc(-c2cc(-c3ccccc3)nc(C3=CCCC=C3)n2)cc1. The van der Waals surface area contributed by atoms with E-state index in [9.17, 15) is 0 Å². The lowest BCUT2D eigenvalue weighted by molar-refractivity contribution is 0.637. The zero-order valence-electron chi connectivity index (χ0n) is 26.8. The molecule has 3 aromatic carbocycles. The molecule has 3 aliphatic rings. The molecule has 2 heteroatoms. The summed E-state index contributed by atoms with van der Waals surface area (Å²) in [7, 11) is 0. The lowest BCUT2D eigenvalue weighted by atomic mass is 9.77. The van der Waals surface area contributed by atoms with Gasteiger partial charge in [0, 0.05) is 22.1 Å². The summed E-state index contributed by atoms with van der Waals surface area (Å²) < 4.78 is 0. The van der Waals surface area contributed by atoms with Crippen LogP contribution < -0.4 is 0 Å². The number of nitrogens with zero attached hydrogens (tertiary/aromatic N) is 2. The molecule has 0 atom stereocenters. The zero-order chi connectivity index (χ0) is 31.3. The van der Waals surface area contributed by atoms with Gasteiger partial charge in [-0.05, 0) is 71.6 Å². The smallest absolute Gasteiger partial charge is 0.160 e. The number of aromatic nitrogens is 2. The Balaban J connectivity index is 1.12. The molecular formula is C44H40N2. The summed E-state index contributed by atoms with van der Waals surface area (Å²) in [5, 5.41) is 0. The van der Waals surface area contributed by atoms with Gasteiger partial charge in [-0.25, -0.2) is 9.97 Å². The standard InChI is InChI=1S/C44H40N2/c1-44(2,39-20-12-19-33(25-28-39)35-23-21-34(22-24-35)32-13-6-3-7-14-32)40-29-26-37(27-30-40)42-31-41(36-15-8-4-9-16-36)45-43(46-42)38-17-10-5-11-18-38/h4,6,8-10,13-31H,3,5,7,11-12H2,1-2H3. The quantitative estimate of drug-likeness (QED) is 0.212. The molecule has 0 amide bonds. The highest BCUT2D eigenvalue weighted by molar-refractivity contribution is 5.80. The van der Waals surface area contributed by atoms with Crippen LogP contribution in [0, 0.1) is 0 Å². The van der Waals surface area contributed by atoms with Gasteiger partial charge in [-0.2, -0.15) is 0 Å². The minimum absolute atomic E-state index is 0.147. The van der Waals surface area contributed by atoms with Gasteiger partial charge in [0.15, 0.2) is 5.82 Å². The topological polar surface area (TPSA) is 25.8 Å². The Morgan fingerprint density at radius 3 is 1.67 bits per heavy atom. The Hall–Kier alpha value is -5.08. The van der Waals surface area contributed by atoms with Crippen LogP contribution in [0.5, 0.6) is 0 Å². The van der Waals surface area contributed by atoms with E-state index in [1.54, 1.807) is 0 Å². The van der Waals surface area contributed by atoms with E-state index in [2.05, 4.69) is 153 Å². The molecule has 0 radical (unpaired) electrons. The van der Waals surface area contributed by atoms with E-state index in [4.69, 9.17) is 9.97 Å². The van der Waals surface area contributed by atoms with Crippen molar-refractivity contribution in [2.45, 2.75) is 51.4 Å². The van der Waals surface area contributed by atoms with Gasteiger partial charge in [0.05, 0.1) is 11.4 Å². The van der Waals surface area contributed by atoms with E-state index < -0.39 is 0 Å². The molecule has 0 fully saturated rings. The van der Waals surface area contributed by atoms with Crippen LogP contribution in [-0.4, -0.2) is 9.97 Å². The average Bonchev–Trinajstić information content (AvgIpc) is 3.40. The first-order valence-corrected chi connectivity index (χ1v) is 16.5. The maximum absolute atomic E-state index is 5.05. The Kier molecular flexibility index (Phi) is 8.44. The van der Waals surface area contributed by atoms with Crippen molar-refractivity contribution < 1.29 is 0 Å². The molecule has 4 aromatic rings. The predicted octanol–water partition coefficient (Wildman–Crippen LogP) is 11.5. The van der Waals surface area contributed by atoms with E-state index in [0.29, 0.717) is 0 Å². The summed E-state index contributed by atoms with van der Waals surface area (Å²) in [4.78, 5) is 10.0. The van der Waals surface area contributed by atoms with Crippen LogP contribution in [0.2, 0.25) is 0 Å². The molecule has 0 unspecified atom stereocenters. The molecule has 0 saturated carbocycles. The summed E-state index contributed by atoms with van der Waals surface area (Å²) in [5.41, 5.74) is 12.8. The second-order valence-corrected chi connectivity index (χ2v) is 12.8. The first-order chi connectivity index (χ1) is 22.5. The number of allylic oxidation sites excluding steroid dienone is 14. The number of rotatable bonds is 7. The van der Waals surface area contributed by atoms with Gasteiger partial charge in [-0.15, -0.1) is 0 Å². The Bertz CT molecular complexity index is 1940. The predicted molar refractivity (Wildman–Crippen MR) is 195 cm³/mol. The molecule has 0 bridgehead atoms. The van der Waals surface area contributed by atoms with Crippen LogP contribution in [-0.2, 0) is 5.41 Å². The average molecular weight is 597 g/mol. The van der Waals surface area contributed by atoms with E-state index in [0.717, 1.165) is 66.0 Å². The maximum atomic E-state index is 5.05. The number of benzene rings is 3. The Morgan fingerprint density at radius 2 is 1.07 bits per heavy atom. The van der Waals surface area contributed by atoms with Crippen LogP contribution in [0.1, 0.15) is 68.5 Å². The molecule has 0 aliphatic heterocycles. The fraction of sp³-hybridized carbons (Fsp3) is 0.182.